The first kappa shape index (κ1) is 16.0. The molecule has 0 unspecified atom stereocenters. The molecule has 1 aromatic rings. The standard InChI is InChI=1S/C15H22N4O/c1-5-19(8-6-7-16)15(20)12-9-13(11(2)3)18-14(10-12)17-4/h9-11H,5-6,8H2,1-4H3,(H,17,18). The van der Waals surface area contributed by atoms with Crippen LogP contribution in [0.15, 0.2) is 12.1 Å². The number of pyridine rings is 1. The van der Waals surface area contributed by atoms with Crippen molar-refractivity contribution < 1.29 is 4.79 Å². The van der Waals surface area contributed by atoms with Crippen LogP contribution in [0.4, 0.5) is 5.82 Å². The molecule has 0 saturated heterocycles. The second-order valence-corrected chi connectivity index (χ2v) is 4.86. The molecule has 0 atom stereocenters. The summed E-state index contributed by atoms with van der Waals surface area (Å²) in [6.45, 7) is 7.06. The van der Waals surface area contributed by atoms with E-state index in [9.17, 15) is 4.79 Å². The van der Waals surface area contributed by atoms with Gasteiger partial charge in [-0.05, 0) is 25.0 Å². The van der Waals surface area contributed by atoms with E-state index >= 15 is 0 Å². The average molecular weight is 274 g/mol. The van der Waals surface area contributed by atoms with Crippen LogP contribution in [-0.2, 0) is 0 Å². The van der Waals surface area contributed by atoms with Gasteiger partial charge in [-0.15, -0.1) is 0 Å². The van der Waals surface area contributed by atoms with E-state index in [-0.39, 0.29) is 11.8 Å². The van der Waals surface area contributed by atoms with Crippen LogP contribution in [0.25, 0.3) is 0 Å². The van der Waals surface area contributed by atoms with Crippen molar-refractivity contribution in [2.45, 2.75) is 33.1 Å². The summed E-state index contributed by atoms with van der Waals surface area (Å²) in [4.78, 5) is 18.6. The fraction of sp³-hybridized carbons (Fsp3) is 0.533. The van der Waals surface area contributed by atoms with Crippen molar-refractivity contribution in [3.05, 3.63) is 23.4 Å². The molecule has 0 bridgehead atoms. The van der Waals surface area contributed by atoms with Gasteiger partial charge in [0.1, 0.15) is 5.82 Å². The lowest BCUT2D eigenvalue weighted by molar-refractivity contribution is 0.0767. The Morgan fingerprint density at radius 2 is 2.20 bits per heavy atom. The molecule has 5 nitrogen and oxygen atoms in total. The zero-order valence-electron chi connectivity index (χ0n) is 12.6. The number of carbonyl (C=O) groups excluding carboxylic acids is 1. The van der Waals surface area contributed by atoms with E-state index in [1.54, 1.807) is 18.0 Å². The number of nitrogens with zero attached hydrogens (tertiary/aromatic N) is 3. The molecular weight excluding hydrogens is 252 g/mol. The maximum absolute atomic E-state index is 12.5. The number of aromatic nitrogens is 1. The number of nitrogens with one attached hydrogen (secondary N) is 1. The van der Waals surface area contributed by atoms with Crippen molar-refractivity contribution in [3.63, 3.8) is 0 Å². The fourth-order valence-electron chi connectivity index (χ4n) is 1.87. The molecule has 0 radical (unpaired) electrons. The van der Waals surface area contributed by atoms with Crippen molar-refractivity contribution in [2.75, 3.05) is 25.5 Å². The Kier molecular flexibility index (Phi) is 5.98. The highest BCUT2D eigenvalue weighted by Gasteiger charge is 2.16. The first-order chi connectivity index (χ1) is 9.53. The molecule has 1 heterocycles. The van der Waals surface area contributed by atoms with Gasteiger partial charge in [0, 0.05) is 31.4 Å². The van der Waals surface area contributed by atoms with Gasteiger partial charge in [-0.2, -0.15) is 5.26 Å². The molecule has 0 saturated carbocycles. The highest BCUT2D eigenvalue weighted by Crippen LogP contribution is 2.18. The van der Waals surface area contributed by atoms with Gasteiger partial charge < -0.3 is 10.2 Å². The molecule has 0 spiro atoms. The van der Waals surface area contributed by atoms with Gasteiger partial charge in [-0.25, -0.2) is 4.98 Å². The summed E-state index contributed by atoms with van der Waals surface area (Å²) in [5, 5.41) is 11.6. The molecule has 0 aliphatic rings. The lowest BCUT2D eigenvalue weighted by Gasteiger charge is -2.20. The summed E-state index contributed by atoms with van der Waals surface area (Å²) in [7, 11) is 1.79. The first-order valence-corrected chi connectivity index (χ1v) is 6.89. The predicted octanol–water partition coefficient (Wildman–Crippen LogP) is 2.62. The molecule has 0 aliphatic carbocycles. The minimum Gasteiger partial charge on any atom is -0.373 e. The van der Waals surface area contributed by atoms with E-state index in [4.69, 9.17) is 5.26 Å². The van der Waals surface area contributed by atoms with E-state index in [0.29, 0.717) is 30.9 Å². The maximum Gasteiger partial charge on any atom is 0.254 e. The van der Waals surface area contributed by atoms with Gasteiger partial charge in [0.05, 0.1) is 12.5 Å². The van der Waals surface area contributed by atoms with Crippen molar-refractivity contribution in [1.82, 2.24) is 9.88 Å². The van der Waals surface area contributed by atoms with Crippen LogP contribution in [0.3, 0.4) is 0 Å². The number of hydrogen-bond acceptors (Lipinski definition) is 4. The van der Waals surface area contributed by atoms with E-state index in [1.165, 1.54) is 0 Å². The SMILES string of the molecule is CCN(CCC#N)C(=O)c1cc(NC)nc(C(C)C)c1. The summed E-state index contributed by atoms with van der Waals surface area (Å²) in [6, 6.07) is 5.66. The Morgan fingerprint density at radius 3 is 2.70 bits per heavy atom. The van der Waals surface area contributed by atoms with Crippen LogP contribution in [0.1, 0.15) is 49.2 Å². The van der Waals surface area contributed by atoms with E-state index in [0.717, 1.165) is 5.69 Å². The molecule has 1 amide bonds. The molecule has 0 fully saturated rings. The van der Waals surface area contributed by atoms with Gasteiger partial charge >= 0.3 is 0 Å². The number of carbonyl (C=O) groups is 1. The minimum absolute atomic E-state index is 0.0523. The summed E-state index contributed by atoms with van der Waals surface area (Å²) in [5.74, 6) is 0.892. The molecule has 1 rings (SSSR count). The molecule has 0 aromatic carbocycles. The molecule has 1 N–H and O–H groups in total. The van der Waals surface area contributed by atoms with Gasteiger partial charge in [0.25, 0.3) is 5.91 Å². The quantitative estimate of drug-likeness (QED) is 0.865. The average Bonchev–Trinajstić information content (AvgIpc) is 2.47. The molecule has 20 heavy (non-hydrogen) atoms. The van der Waals surface area contributed by atoms with Crippen LogP contribution < -0.4 is 5.32 Å². The molecule has 5 heteroatoms. The largest absolute Gasteiger partial charge is 0.373 e. The third-order valence-corrected chi connectivity index (χ3v) is 3.10. The van der Waals surface area contributed by atoms with E-state index < -0.39 is 0 Å². The Hall–Kier alpha value is -2.09. The lowest BCUT2D eigenvalue weighted by atomic mass is 10.1. The smallest absolute Gasteiger partial charge is 0.254 e. The number of amides is 1. The first-order valence-electron chi connectivity index (χ1n) is 6.89. The zero-order chi connectivity index (χ0) is 15.1. The lowest BCUT2D eigenvalue weighted by Crippen LogP contribution is -2.31. The van der Waals surface area contributed by atoms with Gasteiger partial charge in [-0.3, -0.25) is 4.79 Å². The van der Waals surface area contributed by atoms with Gasteiger partial charge in [0.2, 0.25) is 0 Å². The predicted molar refractivity (Wildman–Crippen MR) is 79.7 cm³/mol. The Balaban J connectivity index is 3.07. The third-order valence-electron chi connectivity index (χ3n) is 3.10. The highest BCUT2D eigenvalue weighted by atomic mass is 16.2. The second-order valence-electron chi connectivity index (χ2n) is 4.86. The van der Waals surface area contributed by atoms with Crippen LogP contribution in [0.2, 0.25) is 0 Å². The van der Waals surface area contributed by atoms with Gasteiger partial charge in [0.15, 0.2) is 0 Å². The Bertz CT molecular complexity index is 505. The normalized spacial score (nSPS) is 10.2. The summed E-state index contributed by atoms with van der Waals surface area (Å²) in [6.07, 6.45) is 0.348. The second kappa shape index (κ2) is 7.49. The topological polar surface area (TPSA) is 69.0 Å². The van der Waals surface area contributed by atoms with Crippen LogP contribution >= 0.6 is 0 Å². The molecule has 1 aromatic heterocycles. The highest BCUT2D eigenvalue weighted by molar-refractivity contribution is 5.95. The van der Waals surface area contributed by atoms with Crippen molar-refractivity contribution in [2.24, 2.45) is 0 Å². The van der Waals surface area contributed by atoms with Crippen LogP contribution in [-0.4, -0.2) is 35.9 Å². The van der Waals surface area contributed by atoms with Crippen molar-refractivity contribution in [1.29, 1.82) is 5.26 Å². The van der Waals surface area contributed by atoms with Crippen molar-refractivity contribution >= 4 is 11.7 Å². The van der Waals surface area contributed by atoms with E-state index in [1.807, 2.05) is 26.8 Å². The van der Waals surface area contributed by atoms with Crippen LogP contribution in [0.5, 0.6) is 0 Å². The zero-order valence-corrected chi connectivity index (χ0v) is 12.6. The summed E-state index contributed by atoms with van der Waals surface area (Å²) in [5.41, 5.74) is 1.50. The molecule has 108 valence electrons. The summed E-state index contributed by atoms with van der Waals surface area (Å²) < 4.78 is 0. The van der Waals surface area contributed by atoms with Gasteiger partial charge in [-0.1, -0.05) is 13.8 Å². The number of rotatable bonds is 6. The third kappa shape index (κ3) is 3.95. The van der Waals surface area contributed by atoms with Crippen LogP contribution in [0, 0.1) is 11.3 Å². The van der Waals surface area contributed by atoms with E-state index in [2.05, 4.69) is 16.4 Å². The monoisotopic (exact) mass is 274 g/mol. The minimum atomic E-state index is -0.0523. The number of nitriles is 1. The molecular formula is C15H22N4O. The Morgan fingerprint density at radius 1 is 1.50 bits per heavy atom. The summed E-state index contributed by atoms with van der Waals surface area (Å²) >= 11 is 0. The van der Waals surface area contributed by atoms with Crippen molar-refractivity contribution in [3.8, 4) is 6.07 Å². The number of hydrogen-bond donors (Lipinski definition) is 1. The number of anilines is 1. The fourth-order valence-corrected chi connectivity index (χ4v) is 1.87. The molecule has 0 aliphatic heterocycles. The Labute approximate surface area is 120 Å². The maximum atomic E-state index is 12.5.